The fourth-order valence-corrected chi connectivity index (χ4v) is 4.72. The molecule has 1 amide bonds. The first kappa shape index (κ1) is 26.8. The number of halogens is 2. The highest BCUT2D eigenvalue weighted by Crippen LogP contribution is 2.32. The number of carbonyl (C=O) groups excluding carboxylic acids is 1. The van der Waals surface area contributed by atoms with Gasteiger partial charge >= 0.3 is 0 Å². The van der Waals surface area contributed by atoms with Crippen molar-refractivity contribution >= 4 is 41.0 Å². The lowest BCUT2D eigenvalue weighted by Crippen LogP contribution is -2.27. The minimum Gasteiger partial charge on any atom is -0.486 e. The molecule has 1 aliphatic heterocycles. The number of rotatable bonds is 11. The van der Waals surface area contributed by atoms with Crippen LogP contribution in [0.3, 0.4) is 0 Å². The average Bonchev–Trinajstić information content (AvgIpc) is 2.92. The molecule has 1 atom stereocenters. The lowest BCUT2D eigenvalue weighted by molar-refractivity contribution is -0.122. The third-order valence-corrected chi connectivity index (χ3v) is 6.61. The maximum Gasteiger partial charge on any atom is 0.247 e. The highest BCUT2D eigenvalue weighted by atomic mass is 35.5. The summed E-state index contributed by atoms with van der Waals surface area (Å²) in [6.07, 6.45) is 2.18. The topological polar surface area (TPSA) is 63.2 Å². The highest BCUT2D eigenvalue weighted by molar-refractivity contribution is 6.18. The summed E-state index contributed by atoms with van der Waals surface area (Å²) >= 11 is 11.9. The lowest BCUT2D eigenvalue weighted by Gasteiger charge is -2.23. The number of benzene rings is 3. The molecule has 8 heteroatoms. The van der Waals surface area contributed by atoms with Gasteiger partial charge in [0.1, 0.15) is 13.2 Å². The molecule has 0 aromatic heterocycles. The van der Waals surface area contributed by atoms with Gasteiger partial charge in [-0.2, -0.15) is 5.10 Å². The summed E-state index contributed by atoms with van der Waals surface area (Å²) in [5.74, 6) is 1.91. The summed E-state index contributed by atoms with van der Waals surface area (Å²) in [5.41, 5.74) is 7.68. The molecule has 3 aromatic carbocycles. The number of ether oxygens (including phenoxy) is 2. The molecule has 0 fully saturated rings. The molecule has 0 bridgehead atoms. The summed E-state index contributed by atoms with van der Waals surface area (Å²) < 4.78 is 11.3. The number of aryl methyl sites for hydroxylation is 1. The molecule has 1 heterocycles. The number of nitrogens with zero attached hydrogens (tertiary/aromatic N) is 2. The number of fused-ring (bicyclic) bond motifs is 1. The highest BCUT2D eigenvalue weighted by Gasteiger charge is 2.22. The van der Waals surface area contributed by atoms with Gasteiger partial charge in [-0.25, -0.2) is 5.43 Å². The summed E-state index contributed by atoms with van der Waals surface area (Å²) in [6, 6.07) is 21.6. The number of alkyl halides is 2. The zero-order valence-corrected chi connectivity index (χ0v) is 22.3. The van der Waals surface area contributed by atoms with Gasteiger partial charge in [0.2, 0.25) is 5.91 Å². The number of nitrogens with one attached hydrogen (secondary N) is 1. The van der Waals surface area contributed by atoms with Crippen molar-refractivity contribution in [1.82, 2.24) is 5.43 Å². The van der Waals surface area contributed by atoms with Gasteiger partial charge < -0.3 is 14.4 Å². The van der Waals surface area contributed by atoms with Crippen molar-refractivity contribution in [3.05, 3.63) is 89.0 Å². The van der Waals surface area contributed by atoms with Gasteiger partial charge in [-0.1, -0.05) is 42.5 Å². The van der Waals surface area contributed by atoms with Crippen LogP contribution in [-0.2, 0) is 11.2 Å². The van der Waals surface area contributed by atoms with Gasteiger partial charge in [0.05, 0.1) is 12.1 Å². The fraction of sp³-hybridized carbons (Fsp3) is 0.310. The second-order valence-electron chi connectivity index (χ2n) is 8.79. The van der Waals surface area contributed by atoms with Crippen molar-refractivity contribution in [2.24, 2.45) is 5.10 Å². The van der Waals surface area contributed by atoms with Crippen molar-refractivity contribution in [3.63, 3.8) is 0 Å². The van der Waals surface area contributed by atoms with E-state index in [1.165, 1.54) is 0 Å². The van der Waals surface area contributed by atoms with Crippen molar-refractivity contribution in [2.75, 3.05) is 43.0 Å². The smallest absolute Gasteiger partial charge is 0.247 e. The van der Waals surface area contributed by atoms with Gasteiger partial charge in [0.15, 0.2) is 11.5 Å². The fourth-order valence-electron chi connectivity index (χ4n) is 4.32. The van der Waals surface area contributed by atoms with E-state index in [1.807, 2.05) is 67.6 Å². The maximum atomic E-state index is 13.3. The molecule has 3 aromatic rings. The van der Waals surface area contributed by atoms with Crippen LogP contribution < -0.4 is 19.8 Å². The van der Waals surface area contributed by atoms with Gasteiger partial charge in [-0.15, -0.1) is 23.2 Å². The number of hydrazone groups is 1. The molecular weight excluding hydrogens is 509 g/mol. The van der Waals surface area contributed by atoms with E-state index in [0.29, 0.717) is 37.1 Å². The first-order valence-electron chi connectivity index (χ1n) is 12.3. The molecule has 1 aliphatic rings. The first-order chi connectivity index (χ1) is 18.1. The van der Waals surface area contributed by atoms with Crippen LogP contribution in [0.4, 0.5) is 5.69 Å². The zero-order chi connectivity index (χ0) is 26.0. The van der Waals surface area contributed by atoms with Crippen LogP contribution >= 0.6 is 23.2 Å². The Bertz CT molecular complexity index is 1210. The second kappa shape index (κ2) is 13.4. The van der Waals surface area contributed by atoms with Crippen LogP contribution in [0.5, 0.6) is 11.5 Å². The van der Waals surface area contributed by atoms with Gasteiger partial charge in [0, 0.05) is 30.5 Å². The molecule has 6 nitrogen and oxygen atoms in total. The third-order valence-electron chi connectivity index (χ3n) is 6.27. The number of anilines is 1. The minimum absolute atomic E-state index is 0.179. The van der Waals surface area contributed by atoms with E-state index in [-0.39, 0.29) is 5.91 Å². The van der Waals surface area contributed by atoms with Gasteiger partial charge in [-0.3, -0.25) is 4.79 Å². The Kier molecular flexibility index (Phi) is 9.69. The quantitative estimate of drug-likeness (QED) is 0.198. The SMILES string of the molecule is Cc1cc(N(CCCl)CCCl)ccc1/C=N/NC(=O)[C@H](Cc1ccc2c(c1)OCCO2)c1ccccc1. The van der Waals surface area contributed by atoms with Crippen LogP contribution in [0.15, 0.2) is 71.8 Å². The van der Waals surface area contributed by atoms with Crippen LogP contribution in [-0.4, -0.2) is 50.2 Å². The molecule has 194 valence electrons. The van der Waals surface area contributed by atoms with Crippen LogP contribution in [0.1, 0.15) is 28.2 Å². The number of amides is 1. The number of hydrogen-bond acceptors (Lipinski definition) is 5. The standard InChI is InChI=1S/C29H31Cl2N3O3/c1-21-17-25(34(13-11-30)14-12-31)9-8-24(21)20-32-33-29(35)26(23-5-3-2-4-6-23)18-22-7-10-27-28(19-22)37-16-15-36-27/h2-10,17,19-20,26H,11-16,18H2,1H3,(H,33,35)/b32-20+/t26-/m1/s1. The minimum atomic E-state index is -0.413. The zero-order valence-electron chi connectivity index (χ0n) is 20.8. The van der Waals surface area contributed by atoms with Crippen LogP contribution in [0, 0.1) is 6.92 Å². The van der Waals surface area contributed by atoms with Crippen molar-refractivity contribution < 1.29 is 14.3 Å². The second-order valence-corrected chi connectivity index (χ2v) is 9.54. The molecule has 0 spiro atoms. The van der Waals surface area contributed by atoms with Crippen LogP contribution in [0.2, 0.25) is 0 Å². The molecule has 4 rings (SSSR count). The Morgan fingerprint density at radius 3 is 2.43 bits per heavy atom. The summed E-state index contributed by atoms with van der Waals surface area (Å²) in [7, 11) is 0. The Hall–Kier alpha value is -3.22. The van der Waals surface area contributed by atoms with E-state index in [1.54, 1.807) is 6.21 Å². The monoisotopic (exact) mass is 539 g/mol. The van der Waals surface area contributed by atoms with E-state index >= 15 is 0 Å². The number of hydrogen-bond donors (Lipinski definition) is 1. The molecular formula is C29H31Cl2N3O3. The van der Waals surface area contributed by atoms with E-state index in [2.05, 4.69) is 21.5 Å². The van der Waals surface area contributed by atoms with Gasteiger partial charge in [-0.05, 0) is 59.9 Å². The van der Waals surface area contributed by atoms with E-state index in [9.17, 15) is 4.79 Å². The Balaban J connectivity index is 1.47. The van der Waals surface area contributed by atoms with E-state index in [4.69, 9.17) is 32.7 Å². The molecule has 37 heavy (non-hydrogen) atoms. The average molecular weight is 540 g/mol. The largest absolute Gasteiger partial charge is 0.486 e. The van der Waals surface area contributed by atoms with Crippen LogP contribution in [0.25, 0.3) is 0 Å². The molecule has 0 saturated carbocycles. The Morgan fingerprint density at radius 1 is 1.00 bits per heavy atom. The molecule has 0 radical (unpaired) electrons. The first-order valence-corrected chi connectivity index (χ1v) is 13.4. The summed E-state index contributed by atoms with van der Waals surface area (Å²) in [6.45, 7) is 4.52. The third kappa shape index (κ3) is 7.18. The summed E-state index contributed by atoms with van der Waals surface area (Å²) in [4.78, 5) is 15.4. The molecule has 0 saturated heterocycles. The normalized spacial score (nSPS) is 13.4. The molecule has 1 N–H and O–H groups in total. The van der Waals surface area contributed by atoms with Crippen molar-refractivity contribution in [2.45, 2.75) is 19.3 Å². The predicted octanol–water partition coefficient (Wildman–Crippen LogP) is 5.53. The lowest BCUT2D eigenvalue weighted by atomic mass is 9.91. The van der Waals surface area contributed by atoms with E-state index in [0.717, 1.165) is 46.8 Å². The maximum absolute atomic E-state index is 13.3. The van der Waals surface area contributed by atoms with Crippen molar-refractivity contribution in [1.29, 1.82) is 0 Å². The van der Waals surface area contributed by atoms with Crippen molar-refractivity contribution in [3.8, 4) is 11.5 Å². The summed E-state index contributed by atoms with van der Waals surface area (Å²) in [5, 5.41) is 4.28. The van der Waals surface area contributed by atoms with E-state index < -0.39 is 5.92 Å². The Labute approximate surface area is 228 Å². The predicted molar refractivity (Wildman–Crippen MR) is 151 cm³/mol. The molecule has 0 unspecified atom stereocenters. The number of carbonyl (C=O) groups is 1. The molecule has 0 aliphatic carbocycles. The van der Waals surface area contributed by atoms with Gasteiger partial charge in [0.25, 0.3) is 0 Å². The Morgan fingerprint density at radius 2 is 1.73 bits per heavy atom.